The average molecular weight is 700 g/mol. The predicted molar refractivity (Wildman–Crippen MR) is 182 cm³/mol. The Morgan fingerprint density at radius 3 is 1.94 bits per heavy atom. The van der Waals surface area contributed by atoms with E-state index >= 15 is 0 Å². The molecule has 0 unspecified atom stereocenters. The van der Waals surface area contributed by atoms with Gasteiger partial charge in [-0.25, -0.2) is 9.36 Å². The van der Waals surface area contributed by atoms with E-state index in [2.05, 4.69) is 38.0 Å². The number of H-pyrrole nitrogens is 1. The Labute approximate surface area is 280 Å². The molecular weight excluding hydrogens is 660 g/mol. The van der Waals surface area contributed by atoms with Crippen LogP contribution >= 0.6 is 15.9 Å². The van der Waals surface area contributed by atoms with Crippen molar-refractivity contribution < 1.29 is 10.0 Å². The van der Waals surface area contributed by atoms with Crippen LogP contribution in [-0.4, -0.2) is 25.8 Å². The third kappa shape index (κ3) is 4.71. The summed E-state index contributed by atoms with van der Waals surface area (Å²) in [6.07, 6.45) is 15.6. The maximum absolute atomic E-state index is 13.1. The quantitative estimate of drug-likeness (QED) is 0.156. The van der Waals surface area contributed by atoms with Crippen molar-refractivity contribution in [3.8, 4) is 11.6 Å². The molecule has 0 aliphatic heterocycles. The fourth-order valence-corrected chi connectivity index (χ4v) is 12.7. The van der Waals surface area contributed by atoms with Crippen LogP contribution in [0.3, 0.4) is 0 Å². The van der Waals surface area contributed by atoms with Crippen molar-refractivity contribution in [2.45, 2.75) is 87.9 Å². The van der Waals surface area contributed by atoms with Crippen LogP contribution in [0.5, 0.6) is 5.88 Å². The van der Waals surface area contributed by atoms with Crippen molar-refractivity contribution >= 4 is 33.5 Å². The van der Waals surface area contributed by atoms with Crippen LogP contribution < -0.4 is 11.2 Å². The van der Waals surface area contributed by atoms with Gasteiger partial charge in [-0.2, -0.15) is 0 Å². The first-order valence-electron chi connectivity index (χ1n) is 17.3. The second-order valence-corrected chi connectivity index (χ2v) is 17.0. The van der Waals surface area contributed by atoms with Gasteiger partial charge < -0.3 is 5.11 Å². The molecule has 8 aliphatic carbocycles. The van der Waals surface area contributed by atoms with E-state index in [1.807, 2.05) is 12.1 Å². The highest BCUT2D eigenvalue weighted by atomic mass is 79.9. The second kappa shape index (κ2) is 10.5. The van der Waals surface area contributed by atoms with Crippen molar-refractivity contribution in [3.63, 3.8) is 0 Å². The summed E-state index contributed by atoms with van der Waals surface area (Å²) >= 11 is 3.68. The van der Waals surface area contributed by atoms with Crippen LogP contribution in [0.2, 0.25) is 0 Å². The number of nitrogens with one attached hydrogen (secondary N) is 1. The molecule has 1 heterocycles. The molecule has 11 rings (SSSR count). The fourth-order valence-electron chi connectivity index (χ4n) is 12.1. The van der Waals surface area contributed by atoms with Gasteiger partial charge in [0.15, 0.2) is 0 Å². The van der Waals surface area contributed by atoms with E-state index in [1.165, 1.54) is 75.6 Å². The third-order valence-corrected chi connectivity index (χ3v) is 13.7. The summed E-state index contributed by atoms with van der Waals surface area (Å²) in [5.74, 6) is 3.80. The molecule has 0 amide bonds. The number of hydrogen-bond acceptors (Lipinski definition) is 6. The highest BCUT2D eigenvalue weighted by molar-refractivity contribution is 9.10. The van der Waals surface area contributed by atoms with Gasteiger partial charge in [0.2, 0.25) is 5.88 Å². The average Bonchev–Trinajstić information content (AvgIpc) is 3.00. The Hall–Kier alpha value is -3.53. The lowest BCUT2D eigenvalue weighted by molar-refractivity contribution is -0.386. The number of benzene rings is 2. The first-order valence-corrected chi connectivity index (χ1v) is 18.1. The van der Waals surface area contributed by atoms with Crippen molar-refractivity contribution in [1.82, 2.24) is 9.55 Å². The summed E-state index contributed by atoms with van der Waals surface area (Å²) in [6, 6.07) is 11.1. The number of aromatic hydroxyl groups is 1. The van der Waals surface area contributed by atoms with E-state index in [0.29, 0.717) is 33.6 Å². The number of nitro groups is 1. The van der Waals surface area contributed by atoms with Crippen LogP contribution in [0.1, 0.15) is 93.7 Å². The lowest BCUT2D eigenvalue weighted by Gasteiger charge is -2.57. The maximum Gasteiger partial charge on any atom is 0.335 e. The summed E-state index contributed by atoms with van der Waals surface area (Å²) in [5.41, 5.74) is 1.13. The lowest BCUT2D eigenvalue weighted by atomic mass is 9.48. The normalized spacial score (nSPS) is 34.8. The Morgan fingerprint density at radius 2 is 1.40 bits per heavy atom. The van der Waals surface area contributed by atoms with Crippen molar-refractivity contribution in [1.29, 1.82) is 0 Å². The van der Waals surface area contributed by atoms with Crippen molar-refractivity contribution in [2.75, 3.05) is 0 Å². The largest absolute Gasteiger partial charge is 0.493 e. The third-order valence-electron chi connectivity index (χ3n) is 13.1. The molecule has 47 heavy (non-hydrogen) atoms. The molecule has 0 radical (unpaired) electrons. The summed E-state index contributed by atoms with van der Waals surface area (Å²) in [4.78, 5) is 44.7. The smallest absolute Gasteiger partial charge is 0.335 e. The summed E-state index contributed by atoms with van der Waals surface area (Å²) in [5, 5.41) is 23.6. The number of aromatic amines is 1. The molecule has 1 aromatic heterocycles. The minimum absolute atomic E-state index is 0.0627. The molecular formula is C37H39BrN4O5. The fraction of sp³-hybridized carbons (Fsp3) is 0.541. The standard InChI is InChI=1S/C37H39BrN4O5/c38-30-11-26(36-13-20-5-21(14-36)7-22(6-20)15-36)1-4-31(30)41-34(44)28(33(43)40-35(41)45)19-39-27-2-3-29(32(12-27)42(46)47)37-16-23-8-24(17-37)10-25(9-23)18-37/h1-4,11-12,19-25,44H,5-10,13-18H2,(H,40,43,45). The summed E-state index contributed by atoms with van der Waals surface area (Å²) < 4.78 is 1.74. The van der Waals surface area contributed by atoms with Crippen LogP contribution in [0.4, 0.5) is 11.4 Å². The predicted octanol–water partition coefficient (Wildman–Crippen LogP) is 7.59. The molecule has 0 atom stereocenters. The number of hydrogen-bond donors (Lipinski definition) is 2. The highest BCUT2D eigenvalue weighted by Crippen LogP contribution is 2.63. The van der Waals surface area contributed by atoms with Crippen molar-refractivity contribution in [2.24, 2.45) is 40.5 Å². The number of aliphatic imine (C=N–C) groups is 1. The first kappa shape index (κ1) is 29.6. The molecule has 9 nitrogen and oxygen atoms in total. The van der Waals surface area contributed by atoms with Gasteiger partial charge in [0.25, 0.3) is 11.2 Å². The SMILES string of the molecule is O=c1[nH]c(=O)n(-c2ccc(C34CC5CC(CC(C5)C3)C4)cc2Br)c(O)c1C=Nc1ccc(C23CC4CC(CC(C4)C2)C3)c([N+](=O)[O-])c1. The zero-order valence-electron chi connectivity index (χ0n) is 26.3. The van der Waals surface area contributed by atoms with Gasteiger partial charge in [-0.15, -0.1) is 0 Å². The minimum atomic E-state index is -0.784. The van der Waals surface area contributed by atoms with Gasteiger partial charge in [0, 0.05) is 27.7 Å². The van der Waals surface area contributed by atoms with E-state index in [9.17, 15) is 24.8 Å². The molecule has 244 valence electrons. The molecule has 8 aliphatic rings. The molecule has 0 spiro atoms. The Kier molecular flexibility index (Phi) is 6.60. The number of nitro benzene ring substituents is 1. The molecule has 0 saturated heterocycles. The molecule has 3 aromatic rings. The Balaban J connectivity index is 1.04. The van der Waals surface area contributed by atoms with Crippen LogP contribution in [0, 0.1) is 45.6 Å². The molecule has 2 aromatic carbocycles. The summed E-state index contributed by atoms with van der Waals surface area (Å²) in [7, 11) is 0. The van der Waals surface area contributed by atoms with Gasteiger partial charge in [-0.05, 0) is 164 Å². The molecule has 2 N–H and O–H groups in total. The highest BCUT2D eigenvalue weighted by Gasteiger charge is 2.54. The Morgan fingerprint density at radius 1 is 0.851 bits per heavy atom. The lowest BCUT2D eigenvalue weighted by Crippen LogP contribution is -2.48. The van der Waals surface area contributed by atoms with Gasteiger partial charge in [0.05, 0.1) is 16.3 Å². The zero-order valence-corrected chi connectivity index (χ0v) is 27.9. The van der Waals surface area contributed by atoms with Gasteiger partial charge in [0.1, 0.15) is 5.56 Å². The Bertz CT molecular complexity index is 1910. The number of rotatable bonds is 6. The zero-order chi connectivity index (χ0) is 32.2. The van der Waals surface area contributed by atoms with E-state index in [-0.39, 0.29) is 27.0 Å². The minimum Gasteiger partial charge on any atom is -0.493 e. The monoisotopic (exact) mass is 698 g/mol. The number of halogens is 1. The number of aromatic nitrogens is 2. The second-order valence-electron chi connectivity index (χ2n) is 16.1. The summed E-state index contributed by atoms with van der Waals surface area (Å²) in [6.45, 7) is 0. The van der Waals surface area contributed by atoms with Crippen LogP contribution in [-0.2, 0) is 10.8 Å². The topological polar surface area (TPSA) is 131 Å². The van der Waals surface area contributed by atoms with Crippen LogP contribution in [0.15, 0.2) is 55.5 Å². The van der Waals surface area contributed by atoms with Gasteiger partial charge in [-0.1, -0.05) is 6.07 Å². The van der Waals surface area contributed by atoms with Gasteiger partial charge in [-0.3, -0.25) is 24.9 Å². The molecule has 8 fully saturated rings. The van der Waals surface area contributed by atoms with E-state index in [1.54, 1.807) is 6.07 Å². The number of nitrogens with zero attached hydrogens (tertiary/aromatic N) is 3. The van der Waals surface area contributed by atoms with E-state index in [4.69, 9.17) is 0 Å². The van der Waals surface area contributed by atoms with Crippen molar-refractivity contribution in [3.05, 3.63) is 88.5 Å². The maximum atomic E-state index is 13.1. The van der Waals surface area contributed by atoms with E-state index in [0.717, 1.165) is 47.1 Å². The van der Waals surface area contributed by atoms with E-state index < -0.39 is 17.1 Å². The molecule has 8 bridgehead atoms. The first-order chi connectivity index (χ1) is 22.6. The van der Waals surface area contributed by atoms with Crippen LogP contribution in [0.25, 0.3) is 5.69 Å². The van der Waals surface area contributed by atoms with Gasteiger partial charge >= 0.3 is 5.69 Å². The molecule has 8 saturated carbocycles. The molecule has 10 heteroatoms.